The molecule has 0 aliphatic rings. The summed E-state index contributed by atoms with van der Waals surface area (Å²) in [6, 6.07) is 3.37. The van der Waals surface area contributed by atoms with Crippen LogP contribution in [0.15, 0.2) is 12.1 Å². The average Bonchev–Trinajstić information content (AvgIpc) is 2.43. The molecule has 0 saturated heterocycles. The molecule has 18 heavy (non-hydrogen) atoms. The lowest BCUT2D eigenvalue weighted by atomic mass is 10.0. The number of benzene rings is 1. The molecule has 5 heteroatoms. The smallest absolute Gasteiger partial charge is 0.164 e. The van der Waals surface area contributed by atoms with E-state index in [1.165, 1.54) is 7.11 Å². The van der Waals surface area contributed by atoms with Crippen molar-refractivity contribution in [1.29, 1.82) is 0 Å². The predicted octanol–water partition coefficient (Wildman–Crippen LogP) is 1.78. The number of hydrogen-bond donors (Lipinski definition) is 1. The minimum absolute atomic E-state index is 0.350. The quantitative estimate of drug-likeness (QED) is 0.840. The van der Waals surface area contributed by atoms with Gasteiger partial charge in [0.1, 0.15) is 11.9 Å². The van der Waals surface area contributed by atoms with Crippen LogP contribution in [0.3, 0.4) is 0 Å². The number of methoxy groups -OCH3 is 4. The third kappa shape index (κ3) is 2.86. The topological polar surface area (TPSA) is 57.2 Å². The van der Waals surface area contributed by atoms with Gasteiger partial charge in [0.15, 0.2) is 11.5 Å². The molecule has 5 nitrogen and oxygen atoms in total. The van der Waals surface area contributed by atoms with Gasteiger partial charge in [0.05, 0.1) is 27.4 Å². The van der Waals surface area contributed by atoms with Gasteiger partial charge in [-0.3, -0.25) is 0 Å². The summed E-state index contributed by atoms with van der Waals surface area (Å²) in [5.74, 6) is 1.62. The molecule has 2 atom stereocenters. The first-order chi connectivity index (χ1) is 8.58. The number of aliphatic hydroxyl groups is 1. The SMILES string of the molecule is COc1cc(OC)c(C(O)C(C)OC)cc1OC. The van der Waals surface area contributed by atoms with Crippen molar-refractivity contribution in [3.05, 3.63) is 17.7 Å². The van der Waals surface area contributed by atoms with Crippen molar-refractivity contribution in [2.45, 2.75) is 19.1 Å². The van der Waals surface area contributed by atoms with Crippen LogP contribution in [0.1, 0.15) is 18.6 Å². The highest BCUT2D eigenvalue weighted by molar-refractivity contribution is 5.51. The Labute approximate surface area is 107 Å². The van der Waals surface area contributed by atoms with Gasteiger partial charge in [0.25, 0.3) is 0 Å². The summed E-state index contributed by atoms with van der Waals surface area (Å²) < 4.78 is 20.8. The molecule has 0 amide bonds. The third-order valence-electron chi connectivity index (χ3n) is 2.87. The lowest BCUT2D eigenvalue weighted by molar-refractivity contribution is -0.00262. The van der Waals surface area contributed by atoms with Crippen molar-refractivity contribution in [2.75, 3.05) is 28.4 Å². The van der Waals surface area contributed by atoms with Gasteiger partial charge < -0.3 is 24.1 Å². The summed E-state index contributed by atoms with van der Waals surface area (Å²) in [7, 11) is 6.17. The van der Waals surface area contributed by atoms with E-state index in [1.54, 1.807) is 40.4 Å². The minimum Gasteiger partial charge on any atom is -0.496 e. The van der Waals surface area contributed by atoms with E-state index in [0.717, 1.165) is 0 Å². The molecule has 1 aromatic carbocycles. The molecule has 1 rings (SSSR count). The van der Waals surface area contributed by atoms with Crippen LogP contribution in [0.25, 0.3) is 0 Å². The van der Waals surface area contributed by atoms with Gasteiger partial charge in [-0.2, -0.15) is 0 Å². The monoisotopic (exact) mass is 256 g/mol. The van der Waals surface area contributed by atoms with Gasteiger partial charge >= 0.3 is 0 Å². The second kappa shape index (κ2) is 6.47. The average molecular weight is 256 g/mol. The zero-order valence-corrected chi connectivity index (χ0v) is 11.4. The summed E-state index contributed by atoms with van der Waals surface area (Å²) >= 11 is 0. The van der Waals surface area contributed by atoms with Gasteiger partial charge in [0, 0.05) is 18.7 Å². The molecule has 102 valence electrons. The molecular weight excluding hydrogens is 236 g/mol. The first-order valence-corrected chi connectivity index (χ1v) is 5.59. The van der Waals surface area contributed by atoms with Gasteiger partial charge in [-0.15, -0.1) is 0 Å². The number of rotatable bonds is 6. The fourth-order valence-electron chi connectivity index (χ4n) is 1.67. The maximum Gasteiger partial charge on any atom is 0.164 e. The number of aliphatic hydroxyl groups excluding tert-OH is 1. The maximum absolute atomic E-state index is 10.2. The van der Waals surface area contributed by atoms with E-state index in [9.17, 15) is 5.11 Å². The molecule has 0 aliphatic heterocycles. The summed E-state index contributed by atoms with van der Waals surface area (Å²) in [6.45, 7) is 1.78. The fraction of sp³-hybridized carbons (Fsp3) is 0.538. The van der Waals surface area contributed by atoms with Gasteiger partial charge in [-0.25, -0.2) is 0 Å². The standard InChI is InChI=1S/C13H20O5/c1-8(15-2)13(14)9-6-11(17-4)12(18-5)7-10(9)16-3/h6-8,13-14H,1-5H3. The molecular formula is C13H20O5. The second-order valence-corrected chi connectivity index (χ2v) is 3.83. The van der Waals surface area contributed by atoms with E-state index in [0.29, 0.717) is 22.8 Å². The van der Waals surface area contributed by atoms with Crippen LogP contribution < -0.4 is 14.2 Å². The number of ether oxygens (including phenoxy) is 4. The Kier molecular flexibility index (Phi) is 5.25. The van der Waals surface area contributed by atoms with Gasteiger partial charge in [-0.05, 0) is 13.0 Å². The molecule has 2 unspecified atom stereocenters. The maximum atomic E-state index is 10.2. The molecule has 1 N–H and O–H groups in total. The van der Waals surface area contributed by atoms with Crippen molar-refractivity contribution in [2.24, 2.45) is 0 Å². The van der Waals surface area contributed by atoms with Crippen molar-refractivity contribution in [3.63, 3.8) is 0 Å². The van der Waals surface area contributed by atoms with E-state index in [-0.39, 0.29) is 6.10 Å². The summed E-state index contributed by atoms with van der Waals surface area (Å²) in [5, 5.41) is 10.2. The Hall–Kier alpha value is -1.46. The zero-order valence-electron chi connectivity index (χ0n) is 11.4. The van der Waals surface area contributed by atoms with Crippen molar-refractivity contribution < 1.29 is 24.1 Å². The highest BCUT2D eigenvalue weighted by Gasteiger charge is 2.22. The second-order valence-electron chi connectivity index (χ2n) is 3.83. The molecule has 0 radical (unpaired) electrons. The summed E-state index contributed by atoms with van der Waals surface area (Å²) in [6.07, 6.45) is -1.15. The van der Waals surface area contributed by atoms with Crippen LogP contribution in [0.2, 0.25) is 0 Å². The summed E-state index contributed by atoms with van der Waals surface area (Å²) in [4.78, 5) is 0. The fourth-order valence-corrected chi connectivity index (χ4v) is 1.67. The zero-order chi connectivity index (χ0) is 13.7. The molecule has 1 aromatic rings. The largest absolute Gasteiger partial charge is 0.496 e. The molecule has 0 aliphatic carbocycles. The van der Waals surface area contributed by atoms with Crippen molar-refractivity contribution in [3.8, 4) is 17.2 Å². The Morgan fingerprint density at radius 2 is 1.39 bits per heavy atom. The Bertz CT molecular complexity index is 391. The molecule has 0 fully saturated rings. The van der Waals surface area contributed by atoms with Crippen LogP contribution in [-0.2, 0) is 4.74 Å². The van der Waals surface area contributed by atoms with Crippen molar-refractivity contribution in [1.82, 2.24) is 0 Å². The lowest BCUT2D eigenvalue weighted by Crippen LogP contribution is -2.17. The molecule has 0 spiro atoms. The normalized spacial score (nSPS) is 13.9. The molecule has 0 bridgehead atoms. The number of hydrogen-bond acceptors (Lipinski definition) is 5. The van der Waals surface area contributed by atoms with Gasteiger partial charge in [-0.1, -0.05) is 0 Å². The molecule has 0 aromatic heterocycles. The minimum atomic E-state index is -0.801. The van der Waals surface area contributed by atoms with E-state index < -0.39 is 6.10 Å². The van der Waals surface area contributed by atoms with Crippen LogP contribution >= 0.6 is 0 Å². The van der Waals surface area contributed by atoms with E-state index in [4.69, 9.17) is 18.9 Å². The lowest BCUT2D eigenvalue weighted by Gasteiger charge is -2.21. The molecule has 0 saturated carbocycles. The molecule has 0 heterocycles. The van der Waals surface area contributed by atoms with Gasteiger partial charge in [0.2, 0.25) is 0 Å². The highest BCUT2D eigenvalue weighted by Crippen LogP contribution is 2.38. The van der Waals surface area contributed by atoms with Crippen LogP contribution in [0.4, 0.5) is 0 Å². The third-order valence-corrected chi connectivity index (χ3v) is 2.87. The Morgan fingerprint density at radius 3 is 1.83 bits per heavy atom. The Morgan fingerprint density at radius 1 is 0.889 bits per heavy atom. The van der Waals surface area contributed by atoms with E-state index in [2.05, 4.69) is 0 Å². The van der Waals surface area contributed by atoms with Crippen LogP contribution in [0, 0.1) is 0 Å². The van der Waals surface area contributed by atoms with Crippen LogP contribution in [-0.4, -0.2) is 39.6 Å². The first kappa shape index (κ1) is 14.6. The Balaban J connectivity index is 3.24. The highest BCUT2D eigenvalue weighted by atomic mass is 16.5. The van der Waals surface area contributed by atoms with Crippen molar-refractivity contribution >= 4 is 0 Å². The van der Waals surface area contributed by atoms with Crippen LogP contribution in [0.5, 0.6) is 17.2 Å². The van der Waals surface area contributed by atoms with E-state index in [1.807, 2.05) is 0 Å². The summed E-state index contributed by atoms with van der Waals surface area (Å²) in [5.41, 5.74) is 0.601. The first-order valence-electron chi connectivity index (χ1n) is 5.59. The predicted molar refractivity (Wildman–Crippen MR) is 67.5 cm³/mol. The van der Waals surface area contributed by atoms with E-state index >= 15 is 0 Å².